The Morgan fingerprint density at radius 1 is 0.833 bits per heavy atom. The largest absolute Gasteiger partial charge is 0.481 e. The Bertz CT molecular complexity index is 468. The molecule has 0 radical (unpaired) electrons. The van der Waals surface area contributed by atoms with Crippen LogP contribution in [0, 0.1) is 0 Å². The molecule has 5 nitrogen and oxygen atoms in total. The molecule has 1 atom stereocenters. The normalized spacial score (nSPS) is 12.9. The van der Waals surface area contributed by atoms with E-state index < -0.39 is 12.1 Å². The number of carboxylic acid groups (broad SMARTS) is 1. The Morgan fingerprint density at radius 2 is 1.33 bits per heavy atom. The van der Waals surface area contributed by atoms with Gasteiger partial charge in [-0.3, -0.25) is 9.59 Å². The molecule has 0 rings (SSSR count). The van der Waals surface area contributed by atoms with Gasteiger partial charge in [-0.15, -0.1) is 0 Å². The topological polar surface area (TPSA) is 63.6 Å². The third kappa shape index (κ3) is 21.4. The summed E-state index contributed by atoms with van der Waals surface area (Å²) in [5.41, 5.74) is 0. The molecule has 176 valence electrons. The highest BCUT2D eigenvalue weighted by Crippen LogP contribution is 2.12. The van der Waals surface area contributed by atoms with Gasteiger partial charge in [-0.25, -0.2) is 0 Å². The van der Waals surface area contributed by atoms with Crippen LogP contribution in [0.1, 0.15) is 103 Å². The molecule has 0 aliphatic rings. The molecule has 30 heavy (non-hydrogen) atoms. The summed E-state index contributed by atoms with van der Waals surface area (Å²) < 4.78 is 5.98. The number of carboxylic acids is 1. The predicted molar refractivity (Wildman–Crippen MR) is 124 cm³/mol. The van der Waals surface area contributed by atoms with Crippen molar-refractivity contribution in [3.8, 4) is 0 Å². The molecule has 0 saturated heterocycles. The Morgan fingerprint density at radius 3 is 1.83 bits per heavy atom. The molecule has 1 N–H and O–H groups in total. The lowest BCUT2D eigenvalue weighted by Gasteiger charge is -2.28. The van der Waals surface area contributed by atoms with Gasteiger partial charge in [0.15, 0.2) is 6.10 Å². The molecular formula is C25H48NO4+. The van der Waals surface area contributed by atoms with Crippen LogP contribution < -0.4 is 0 Å². The fraction of sp³-hybridized carbons (Fsp3) is 0.840. The van der Waals surface area contributed by atoms with Crippen molar-refractivity contribution in [2.24, 2.45) is 0 Å². The molecule has 0 aromatic rings. The Hall–Kier alpha value is -1.36. The molecule has 0 amide bonds. The van der Waals surface area contributed by atoms with Crippen molar-refractivity contribution in [3.63, 3.8) is 0 Å². The molecule has 0 aliphatic heterocycles. The molecular weight excluding hydrogens is 381 g/mol. The number of quaternary nitrogens is 1. The van der Waals surface area contributed by atoms with Crippen molar-refractivity contribution < 1.29 is 23.9 Å². The van der Waals surface area contributed by atoms with E-state index in [0.717, 1.165) is 25.7 Å². The number of carbonyl (C=O) groups is 2. The maximum Gasteiger partial charge on any atom is 0.307 e. The zero-order valence-corrected chi connectivity index (χ0v) is 20.2. The number of allylic oxidation sites excluding steroid dienone is 2. The summed E-state index contributed by atoms with van der Waals surface area (Å²) in [5.74, 6) is -1.20. The number of carbonyl (C=O) groups excluding carboxylic acids is 1. The first-order valence-electron chi connectivity index (χ1n) is 12.1. The lowest BCUT2D eigenvalue weighted by Crippen LogP contribution is -2.43. The summed E-state index contributed by atoms with van der Waals surface area (Å²) in [6.45, 7) is 2.76. The summed E-state index contributed by atoms with van der Waals surface area (Å²) in [6, 6.07) is 0. The van der Waals surface area contributed by atoms with Gasteiger partial charge in [0.2, 0.25) is 0 Å². The van der Waals surface area contributed by atoms with E-state index in [9.17, 15) is 9.59 Å². The fourth-order valence-corrected chi connectivity index (χ4v) is 3.53. The van der Waals surface area contributed by atoms with E-state index in [-0.39, 0.29) is 12.4 Å². The minimum atomic E-state index is -0.928. The Balaban J connectivity index is 3.65. The second kappa shape index (κ2) is 18.4. The van der Waals surface area contributed by atoms with E-state index in [1.807, 2.05) is 21.1 Å². The SMILES string of the molecule is CCCCCCCC/C=C\CCCCCCCC(=O)O[C@H](CC(=O)O)C[N+]([13CH3])([13CH3])[13CH3]. The number of rotatable bonds is 20. The molecule has 0 bridgehead atoms. The van der Waals surface area contributed by atoms with Gasteiger partial charge in [-0.1, -0.05) is 70.4 Å². The van der Waals surface area contributed by atoms with Crippen molar-refractivity contribution in [2.45, 2.75) is 109 Å². The number of ether oxygens (including phenoxy) is 1. The zero-order valence-electron chi connectivity index (χ0n) is 20.2. The van der Waals surface area contributed by atoms with Crippen LogP contribution in [0.3, 0.4) is 0 Å². The molecule has 0 fully saturated rings. The van der Waals surface area contributed by atoms with Crippen LogP contribution in [0.15, 0.2) is 12.2 Å². The van der Waals surface area contributed by atoms with Crippen LogP contribution in [-0.4, -0.2) is 55.3 Å². The van der Waals surface area contributed by atoms with Gasteiger partial charge in [0.25, 0.3) is 0 Å². The zero-order chi connectivity index (χ0) is 22.7. The van der Waals surface area contributed by atoms with Crippen molar-refractivity contribution >= 4 is 11.9 Å². The summed E-state index contributed by atoms with van der Waals surface area (Å²) >= 11 is 0. The van der Waals surface area contributed by atoms with E-state index in [1.54, 1.807) is 0 Å². The quantitative estimate of drug-likeness (QED) is 0.0833. The van der Waals surface area contributed by atoms with Crippen LogP contribution in [0.4, 0.5) is 0 Å². The molecule has 0 heterocycles. The van der Waals surface area contributed by atoms with Crippen molar-refractivity contribution in [2.75, 3.05) is 27.7 Å². The maximum atomic E-state index is 12.0. The maximum absolute atomic E-state index is 12.0. The second-order valence-electron chi connectivity index (χ2n) is 9.52. The number of hydrogen-bond donors (Lipinski definition) is 1. The van der Waals surface area contributed by atoms with Crippen LogP contribution in [0.2, 0.25) is 0 Å². The summed E-state index contributed by atoms with van der Waals surface area (Å²) in [6.07, 6.45) is 20.2. The highest BCUT2D eigenvalue weighted by molar-refractivity contribution is 5.71. The van der Waals surface area contributed by atoms with Gasteiger partial charge in [0.05, 0.1) is 27.6 Å². The Kier molecular flexibility index (Phi) is 17.6. The van der Waals surface area contributed by atoms with E-state index >= 15 is 0 Å². The van der Waals surface area contributed by atoms with Crippen molar-refractivity contribution in [1.29, 1.82) is 0 Å². The minimum absolute atomic E-state index is 0.131. The predicted octanol–water partition coefficient (Wildman–Crippen LogP) is 6.12. The molecule has 0 spiro atoms. The first kappa shape index (κ1) is 28.6. The van der Waals surface area contributed by atoms with Crippen molar-refractivity contribution in [1.82, 2.24) is 0 Å². The number of hydrogen-bond acceptors (Lipinski definition) is 3. The van der Waals surface area contributed by atoms with Gasteiger partial charge >= 0.3 is 11.9 Å². The standard InChI is InChI=1S/C25H47NO4/c1-5-6-7-8-9-10-11-12-13-14-15-16-17-18-19-20-25(29)30-23(21-24(27)28)22-26(2,3)4/h12-13,23H,5-11,14-22H2,1-4H3/p+1/b13-12-/t23-/m1/s1/i2+1,3+1,4+1. The molecule has 5 heteroatoms. The molecule has 0 aromatic heterocycles. The third-order valence-electron chi connectivity index (χ3n) is 5.09. The Labute approximate surface area is 185 Å². The lowest BCUT2D eigenvalue weighted by molar-refractivity contribution is -0.873. The first-order valence-corrected chi connectivity index (χ1v) is 12.1. The molecule has 0 saturated carbocycles. The van der Waals surface area contributed by atoms with Gasteiger partial charge < -0.3 is 14.3 Å². The van der Waals surface area contributed by atoms with E-state index in [2.05, 4.69) is 19.1 Å². The van der Waals surface area contributed by atoms with Crippen LogP contribution >= 0.6 is 0 Å². The fourth-order valence-electron chi connectivity index (χ4n) is 3.53. The molecule has 0 unspecified atom stereocenters. The third-order valence-corrected chi connectivity index (χ3v) is 5.09. The second-order valence-corrected chi connectivity index (χ2v) is 9.52. The van der Waals surface area contributed by atoms with Crippen LogP contribution in [0.25, 0.3) is 0 Å². The van der Waals surface area contributed by atoms with E-state index in [1.165, 1.54) is 57.8 Å². The highest BCUT2D eigenvalue weighted by atomic mass is 16.5. The van der Waals surface area contributed by atoms with Gasteiger partial charge in [-0.2, -0.15) is 0 Å². The number of likely N-dealkylation sites (N-methyl/N-ethyl adjacent to an activating group) is 1. The van der Waals surface area contributed by atoms with Crippen LogP contribution in [0.5, 0.6) is 0 Å². The lowest BCUT2D eigenvalue weighted by atomic mass is 10.1. The molecule has 0 aromatic carbocycles. The van der Waals surface area contributed by atoms with Gasteiger partial charge in [-0.05, 0) is 32.1 Å². The average molecular weight is 430 g/mol. The number of nitrogens with zero attached hydrogens (tertiary/aromatic N) is 1. The van der Waals surface area contributed by atoms with Crippen LogP contribution in [-0.2, 0) is 14.3 Å². The van der Waals surface area contributed by atoms with Gasteiger partial charge in [0, 0.05) is 6.42 Å². The summed E-state index contributed by atoms with van der Waals surface area (Å²) in [5, 5.41) is 9.01. The van der Waals surface area contributed by atoms with Crippen molar-refractivity contribution in [3.05, 3.63) is 12.2 Å². The smallest absolute Gasteiger partial charge is 0.307 e. The summed E-state index contributed by atoms with van der Waals surface area (Å²) in [4.78, 5) is 23.0. The average Bonchev–Trinajstić information content (AvgIpc) is 2.63. The highest BCUT2D eigenvalue weighted by Gasteiger charge is 2.24. The number of esters is 1. The first-order chi connectivity index (χ1) is 14.2. The monoisotopic (exact) mass is 429 g/mol. The van der Waals surface area contributed by atoms with E-state index in [0.29, 0.717) is 17.4 Å². The van der Waals surface area contributed by atoms with Gasteiger partial charge in [0.1, 0.15) is 6.54 Å². The minimum Gasteiger partial charge on any atom is -0.481 e. The number of unbranched alkanes of at least 4 members (excludes halogenated alkanes) is 11. The van der Waals surface area contributed by atoms with E-state index in [4.69, 9.17) is 9.84 Å². The summed E-state index contributed by atoms with van der Waals surface area (Å²) in [7, 11) is 5.89. The molecule has 0 aliphatic carbocycles. The number of aliphatic carboxylic acids is 1.